The lowest BCUT2D eigenvalue weighted by molar-refractivity contribution is -0.143. The van der Waals surface area contributed by atoms with E-state index in [9.17, 15) is 4.79 Å². The van der Waals surface area contributed by atoms with Gasteiger partial charge in [0, 0.05) is 24.4 Å². The first kappa shape index (κ1) is 16.3. The van der Waals surface area contributed by atoms with E-state index in [0.29, 0.717) is 30.5 Å². The molecule has 25 heavy (non-hydrogen) atoms. The third-order valence-corrected chi connectivity index (χ3v) is 5.71. The molecule has 2 aliphatic rings. The minimum atomic E-state index is -0.215. The highest BCUT2D eigenvalue weighted by Crippen LogP contribution is 2.40. The summed E-state index contributed by atoms with van der Waals surface area (Å²) in [5.41, 5.74) is 2.61. The summed E-state index contributed by atoms with van der Waals surface area (Å²) in [6.07, 6.45) is 6.26. The van der Waals surface area contributed by atoms with Crippen molar-refractivity contribution in [2.24, 2.45) is 12.5 Å². The Hall–Kier alpha value is -2.18. The van der Waals surface area contributed by atoms with Crippen molar-refractivity contribution < 1.29 is 9.32 Å². The minimum absolute atomic E-state index is 0.215. The average molecular weight is 343 g/mol. The molecule has 1 aliphatic heterocycles. The molecule has 0 unspecified atom stereocenters. The molecule has 1 fully saturated rings. The predicted molar refractivity (Wildman–Crippen MR) is 91.3 cm³/mol. The highest BCUT2D eigenvalue weighted by molar-refractivity contribution is 5.83. The van der Waals surface area contributed by atoms with Crippen LogP contribution in [-0.4, -0.2) is 30.7 Å². The summed E-state index contributed by atoms with van der Waals surface area (Å²) in [5, 5.41) is 8.52. The van der Waals surface area contributed by atoms with Gasteiger partial charge in [0.1, 0.15) is 0 Å². The number of amides is 1. The minimum Gasteiger partial charge on any atom is -0.332 e. The Labute approximate surface area is 147 Å². The summed E-state index contributed by atoms with van der Waals surface area (Å²) < 4.78 is 7.22. The van der Waals surface area contributed by atoms with Crippen molar-refractivity contribution in [3.63, 3.8) is 0 Å². The smallest absolute Gasteiger partial charge is 0.278 e. The average Bonchev–Trinajstić information content (AvgIpc) is 3.31. The number of hydrogen-bond acceptors (Lipinski definition) is 5. The Balaban J connectivity index is 1.60. The normalized spacial score (nSPS) is 19.2. The van der Waals surface area contributed by atoms with E-state index < -0.39 is 0 Å². The van der Waals surface area contributed by atoms with E-state index in [1.165, 1.54) is 6.42 Å². The largest absolute Gasteiger partial charge is 0.332 e. The predicted octanol–water partition coefficient (Wildman–Crippen LogP) is 2.85. The lowest BCUT2D eigenvalue weighted by Gasteiger charge is -2.35. The van der Waals surface area contributed by atoms with E-state index in [2.05, 4.69) is 22.2 Å². The fourth-order valence-corrected chi connectivity index (χ4v) is 4.13. The summed E-state index contributed by atoms with van der Waals surface area (Å²) in [6.45, 7) is 5.31. The fourth-order valence-electron chi connectivity index (χ4n) is 4.13. The quantitative estimate of drug-likeness (QED) is 0.856. The first-order valence-electron chi connectivity index (χ1n) is 9.19. The van der Waals surface area contributed by atoms with Gasteiger partial charge in [-0.05, 0) is 12.8 Å². The standard InChI is InChI=1S/C18H25N5O2/c1-4-14-19-16(25-21-14)15-12-10-23(11-13(12)22(3)20-15)17(24)18(2)8-6-5-7-9-18/h4-11H2,1-3H3. The molecule has 0 atom stereocenters. The Morgan fingerprint density at radius 3 is 2.68 bits per heavy atom. The molecule has 0 bridgehead atoms. The first-order valence-corrected chi connectivity index (χ1v) is 9.19. The summed E-state index contributed by atoms with van der Waals surface area (Å²) in [5.74, 6) is 1.40. The highest BCUT2D eigenvalue weighted by Gasteiger charge is 2.41. The molecular formula is C18H25N5O2. The number of aryl methyl sites for hydroxylation is 2. The second-order valence-electron chi connectivity index (χ2n) is 7.55. The van der Waals surface area contributed by atoms with Crippen LogP contribution < -0.4 is 0 Å². The zero-order chi connectivity index (χ0) is 17.6. The number of nitrogens with zero attached hydrogens (tertiary/aromatic N) is 5. The maximum absolute atomic E-state index is 13.1. The number of rotatable bonds is 3. The number of aromatic nitrogens is 4. The molecule has 134 valence electrons. The van der Waals surface area contributed by atoms with Crippen molar-refractivity contribution in [2.45, 2.75) is 65.5 Å². The van der Waals surface area contributed by atoms with E-state index in [1.54, 1.807) is 0 Å². The van der Waals surface area contributed by atoms with Crippen molar-refractivity contribution in [3.8, 4) is 11.6 Å². The van der Waals surface area contributed by atoms with E-state index in [1.807, 2.05) is 23.6 Å². The monoisotopic (exact) mass is 343 g/mol. The first-order chi connectivity index (χ1) is 12.0. The number of hydrogen-bond donors (Lipinski definition) is 0. The molecule has 0 N–H and O–H groups in total. The van der Waals surface area contributed by atoms with Crippen molar-refractivity contribution >= 4 is 5.91 Å². The molecule has 0 aromatic carbocycles. The molecule has 0 spiro atoms. The van der Waals surface area contributed by atoms with Crippen molar-refractivity contribution in [1.82, 2.24) is 24.8 Å². The number of carbonyl (C=O) groups is 1. The van der Waals surface area contributed by atoms with Gasteiger partial charge in [-0.15, -0.1) is 0 Å². The lowest BCUT2D eigenvalue weighted by Crippen LogP contribution is -2.41. The molecule has 7 nitrogen and oxygen atoms in total. The Kier molecular flexibility index (Phi) is 3.89. The number of fused-ring (bicyclic) bond motifs is 1. The summed E-state index contributed by atoms with van der Waals surface area (Å²) in [7, 11) is 1.91. The molecule has 0 saturated heterocycles. The van der Waals surface area contributed by atoms with E-state index in [-0.39, 0.29) is 11.3 Å². The van der Waals surface area contributed by atoms with E-state index in [4.69, 9.17) is 4.52 Å². The molecule has 7 heteroatoms. The second-order valence-corrected chi connectivity index (χ2v) is 7.55. The second kappa shape index (κ2) is 5.97. The van der Waals surface area contributed by atoms with Gasteiger partial charge < -0.3 is 9.42 Å². The molecule has 1 saturated carbocycles. The molecule has 3 heterocycles. The van der Waals surface area contributed by atoms with Crippen LogP contribution in [0.2, 0.25) is 0 Å². The van der Waals surface area contributed by atoms with Crippen LogP contribution in [0.5, 0.6) is 0 Å². The number of carbonyl (C=O) groups excluding carboxylic acids is 1. The summed E-state index contributed by atoms with van der Waals surface area (Å²) >= 11 is 0. The van der Waals surface area contributed by atoms with Crippen molar-refractivity contribution in [2.75, 3.05) is 0 Å². The van der Waals surface area contributed by atoms with Gasteiger partial charge in [-0.1, -0.05) is 38.3 Å². The highest BCUT2D eigenvalue weighted by atomic mass is 16.5. The third-order valence-electron chi connectivity index (χ3n) is 5.71. The van der Waals surface area contributed by atoms with Crippen LogP contribution in [0.4, 0.5) is 0 Å². The Morgan fingerprint density at radius 1 is 1.24 bits per heavy atom. The van der Waals surface area contributed by atoms with Crippen LogP contribution in [0.25, 0.3) is 11.6 Å². The summed E-state index contributed by atoms with van der Waals surface area (Å²) in [4.78, 5) is 19.5. The third kappa shape index (κ3) is 2.65. The maximum Gasteiger partial charge on any atom is 0.278 e. The van der Waals surface area contributed by atoms with Gasteiger partial charge >= 0.3 is 0 Å². The van der Waals surface area contributed by atoms with Gasteiger partial charge in [0.2, 0.25) is 5.91 Å². The lowest BCUT2D eigenvalue weighted by atomic mass is 9.74. The zero-order valence-corrected chi connectivity index (χ0v) is 15.2. The van der Waals surface area contributed by atoms with Crippen LogP contribution in [0.1, 0.15) is 63.0 Å². The van der Waals surface area contributed by atoms with Gasteiger partial charge in [-0.25, -0.2) is 0 Å². The van der Waals surface area contributed by atoms with E-state index >= 15 is 0 Å². The van der Waals surface area contributed by atoms with Gasteiger partial charge in [0.05, 0.1) is 18.8 Å². The van der Waals surface area contributed by atoms with Gasteiger partial charge in [0.15, 0.2) is 11.5 Å². The molecule has 4 rings (SSSR count). The van der Waals surface area contributed by atoms with Crippen molar-refractivity contribution in [3.05, 3.63) is 17.1 Å². The molecule has 0 radical (unpaired) electrons. The molecular weight excluding hydrogens is 318 g/mol. The SMILES string of the molecule is CCc1noc(-c2nn(C)c3c2CN(C(=O)C2(C)CCCCC2)C3)n1. The zero-order valence-electron chi connectivity index (χ0n) is 15.2. The molecule has 2 aromatic rings. The van der Waals surface area contributed by atoms with Crippen LogP contribution in [0.3, 0.4) is 0 Å². The van der Waals surface area contributed by atoms with Crippen LogP contribution >= 0.6 is 0 Å². The maximum atomic E-state index is 13.1. The van der Waals surface area contributed by atoms with Crippen LogP contribution in [-0.2, 0) is 31.4 Å². The van der Waals surface area contributed by atoms with Gasteiger partial charge in [-0.3, -0.25) is 9.48 Å². The summed E-state index contributed by atoms with van der Waals surface area (Å²) in [6, 6.07) is 0. The molecule has 1 aliphatic carbocycles. The molecule has 2 aromatic heterocycles. The van der Waals surface area contributed by atoms with Crippen molar-refractivity contribution in [1.29, 1.82) is 0 Å². The van der Waals surface area contributed by atoms with Crippen LogP contribution in [0.15, 0.2) is 4.52 Å². The van der Waals surface area contributed by atoms with Crippen LogP contribution in [0, 0.1) is 5.41 Å². The van der Waals surface area contributed by atoms with Gasteiger partial charge in [-0.2, -0.15) is 10.1 Å². The Morgan fingerprint density at radius 2 is 2.00 bits per heavy atom. The van der Waals surface area contributed by atoms with E-state index in [0.717, 1.165) is 43.4 Å². The van der Waals surface area contributed by atoms with Gasteiger partial charge in [0.25, 0.3) is 5.89 Å². The molecule has 1 amide bonds. The Bertz CT molecular complexity index is 800. The topological polar surface area (TPSA) is 77.0 Å². The fraction of sp³-hybridized carbons (Fsp3) is 0.667.